The molecule has 0 N–H and O–H groups in total. The van der Waals surface area contributed by atoms with Crippen LogP contribution in [0.15, 0.2) is 6.20 Å². The van der Waals surface area contributed by atoms with Gasteiger partial charge < -0.3 is 14.0 Å². The van der Waals surface area contributed by atoms with Crippen LogP contribution in [-0.2, 0) is 14.0 Å². The van der Waals surface area contributed by atoms with Gasteiger partial charge in [-0.1, -0.05) is 0 Å². The SMILES string of the molecule is Cc1c(B2OC(C)(C)C(C)(C)O2)cnc2c1N(C(=O)OC(C)(C)C)C1CCC21. The second kappa shape index (κ2) is 5.96. The summed E-state index contributed by atoms with van der Waals surface area (Å²) in [5.41, 5.74) is 2.37. The molecule has 7 heteroatoms. The molecular formula is C21H31BN2O4. The number of hydrogen-bond acceptors (Lipinski definition) is 5. The number of hydrogen-bond donors (Lipinski definition) is 0. The van der Waals surface area contributed by atoms with Crippen molar-refractivity contribution in [2.45, 2.75) is 97.0 Å². The van der Waals surface area contributed by atoms with Crippen LogP contribution in [0.2, 0.25) is 0 Å². The van der Waals surface area contributed by atoms with E-state index < -0.39 is 23.9 Å². The Morgan fingerprint density at radius 3 is 2.32 bits per heavy atom. The molecule has 1 amide bonds. The molecule has 28 heavy (non-hydrogen) atoms. The Bertz CT molecular complexity index is 814. The third-order valence-electron chi connectivity index (χ3n) is 6.63. The quantitative estimate of drug-likeness (QED) is 0.689. The summed E-state index contributed by atoms with van der Waals surface area (Å²) in [5.74, 6) is 0.300. The fraction of sp³-hybridized carbons (Fsp3) is 0.714. The first kappa shape index (κ1) is 19.7. The molecular weight excluding hydrogens is 355 g/mol. The van der Waals surface area contributed by atoms with Gasteiger partial charge in [0.1, 0.15) is 5.60 Å². The summed E-state index contributed by atoms with van der Waals surface area (Å²) < 4.78 is 18.2. The van der Waals surface area contributed by atoms with Gasteiger partial charge in [0.2, 0.25) is 0 Å². The molecule has 1 aliphatic carbocycles. The molecule has 2 aliphatic heterocycles. The molecule has 6 nitrogen and oxygen atoms in total. The molecule has 1 aromatic heterocycles. The molecule has 0 spiro atoms. The predicted octanol–water partition coefficient (Wildman–Crippen LogP) is 3.69. The minimum Gasteiger partial charge on any atom is -0.443 e. The molecule has 0 radical (unpaired) electrons. The predicted molar refractivity (Wildman–Crippen MR) is 109 cm³/mol. The van der Waals surface area contributed by atoms with Gasteiger partial charge in [0, 0.05) is 23.6 Å². The van der Waals surface area contributed by atoms with E-state index in [1.165, 1.54) is 0 Å². The zero-order valence-corrected chi connectivity index (χ0v) is 18.3. The maximum atomic E-state index is 13.0. The van der Waals surface area contributed by atoms with Crippen LogP contribution in [0.3, 0.4) is 0 Å². The number of aromatic nitrogens is 1. The van der Waals surface area contributed by atoms with E-state index in [4.69, 9.17) is 19.0 Å². The average molecular weight is 386 g/mol. The summed E-state index contributed by atoms with van der Waals surface area (Å²) in [6.07, 6.45) is 3.60. The van der Waals surface area contributed by atoms with E-state index >= 15 is 0 Å². The number of amides is 1. The number of anilines is 1. The standard InChI is InChI=1S/C21H31BN2O4/c1-12-14(22-27-20(5,6)21(7,8)28-22)11-23-16-13-9-10-15(13)24(17(12)16)18(25)26-19(2,3)4/h11,13,15H,9-10H2,1-8H3. The first-order chi connectivity index (χ1) is 12.8. The van der Waals surface area contributed by atoms with E-state index in [1.54, 1.807) is 0 Å². The van der Waals surface area contributed by atoms with Crippen LogP contribution in [-0.4, -0.2) is 41.0 Å². The third-order valence-corrected chi connectivity index (χ3v) is 6.63. The van der Waals surface area contributed by atoms with Crippen LogP contribution in [0.4, 0.5) is 10.5 Å². The largest absolute Gasteiger partial charge is 0.496 e. The Morgan fingerprint density at radius 2 is 1.82 bits per heavy atom. The van der Waals surface area contributed by atoms with E-state index in [9.17, 15) is 4.79 Å². The molecule has 3 aliphatic rings. The summed E-state index contributed by atoms with van der Waals surface area (Å²) in [5, 5.41) is 0. The fourth-order valence-corrected chi connectivity index (χ4v) is 4.22. The van der Waals surface area contributed by atoms with E-state index in [-0.39, 0.29) is 12.1 Å². The Labute approximate surface area is 168 Å². The number of ether oxygens (including phenoxy) is 1. The summed E-state index contributed by atoms with van der Waals surface area (Å²) in [4.78, 5) is 19.6. The van der Waals surface area contributed by atoms with Crippen LogP contribution in [0.25, 0.3) is 0 Å². The molecule has 2 fully saturated rings. The molecule has 4 rings (SSSR count). The molecule has 3 heterocycles. The topological polar surface area (TPSA) is 60.9 Å². The molecule has 1 aromatic rings. The lowest BCUT2D eigenvalue weighted by Crippen LogP contribution is -2.46. The summed E-state index contributed by atoms with van der Waals surface area (Å²) in [7, 11) is -0.499. The average Bonchev–Trinajstić information content (AvgIpc) is 2.84. The first-order valence-corrected chi connectivity index (χ1v) is 10.2. The molecule has 1 saturated carbocycles. The Balaban J connectivity index is 1.73. The zero-order valence-electron chi connectivity index (χ0n) is 18.3. The Hall–Kier alpha value is -1.60. The van der Waals surface area contributed by atoms with Gasteiger partial charge >= 0.3 is 13.2 Å². The van der Waals surface area contributed by atoms with Crippen LogP contribution in [0.5, 0.6) is 0 Å². The van der Waals surface area contributed by atoms with Gasteiger partial charge in [-0.05, 0) is 73.8 Å². The van der Waals surface area contributed by atoms with Crippen molar-refractivity contribution in [2.75, 3.05) is 4.90 Å². The van der Waals surface area contributed by atoms with Crippen molar-refractivity contribution in [3.05, 3.63) is 17.5 Å². The minimum atomic E-state index is -0.538. The molecule has 1 saturated heterocycles. The zero-order chi connectivity index (χ0) is 20.6. The second-order valence-electron chi connectivity index (χ2n) is 10.3. The highest BCUT2D eigenvalue weighted by atomic mass is 16.7. The van der Waals surface area contributed by atoms with Crippen molar-refractivity contribution >= 4 is 24.4 Å². The molecule has 0 aromatic carbocycles. The smallest absolute Gasteiger partial charge is 0.443 e. The van der Waals surface area contributed by atoms with Gasteiger partial charge in [0.05, 0.1) is 22.6 Å². The van der Waals surface area contributed by atoms with Crippen LogP contribution < -0.4 is 10.4 Å². The van der Waals surface area contributed by atoms with E-state index in [1.807, 2.05) is 66.5 Å². The van der Waals surface area contributed by atoms with E-state index in [2.05, 4.69) is 0 Å². The van der Waals surface area contributed by atoms with Gasteiger partial charge in [-0.15, -0.1) is 0 Å². The summed E-state index contributed by atoms with van der Waals surface area (Å²) in [6.45, 7) is 15.9. The van der Waals surface area contributed by atoms with Crippen LogP contribution >= 0.6 is 0 Å². The lowest BCUT2D eigenvalue weighted by atomic mass is 9.76. The number of nitrogens with zero attached hydrogens (tertiary/aromatic N) is 2. The molecule has 152 valence electrons. The lowest BCUT2D eigenvalue weighted by Gasteiger charge is -2.36. The van der Waals surface area contributed by atoms with Gasteiger partial charge in [0.25, 0.3) is 0 Å². The van der Waals surface area contributed by atoms with Crippen LogP contribution in [0, 0.1) is 6.92 Å². The highest BCUT2D eigenvalue weighted by Gasteiger charge is 2.54. The van der Waals surface area contributed by atoms with Crippen molar-refractivity contribution in [2.24, 2.45) is 0 Å². The molecule has 2 atom stereocenters. The maximum absolute atomic E-state index is 13.0. The summed E-state index contributed by atoms with van der Waals surface area (Å²) in [6, 6.07) is 0.143. The van der Waals surface area contributed by atoms with Crippen molar-refractivity contribution < 1.29 is 18.8 Å². The normalized spacial score (nSPS) is 27.3. The van der Waals surface area contributed by atoms with Crippen molar-refractivity contribution in [1.82, 2.24) is 4.98 Å². The van der Waals surface area contributed by atoms with Gasteiger partial charge in [0.15, 0.2) is 0 Å². The van der Waals surface area contributed by atoms with Crippen molar-refractivity contribution in [1.29, 1.82) is 0 Å². The number of rotatable bonds is 1. The Kier molecular flexibility index (Phi) is 4.19. The van der Waals surface area contributed by atoms with Crippen molar-refractivity contribution in [3.63, 3.8) is 0 Å². The maximum Gasteiger partial charge on any atom is 0.496 e. The monoisotopic (exact) mass is 386 g/mol. The van der Waals surface area contributed by atoms with Gasteiger partial charge in [-0.2, -0.15) is 0 Å². The number of fused-ring (bicyclic) bond motifs is 3. The number of carbonyl (C=O) groups is 1. The number of carbonyl (C=O) groups excluding carboxylic acids is 1. The highest BCUT2D eigenvalue weighted by Crippen LogP contribution is 2.52. The minimum absolute atomic E-state index is 0.143. The van der Waals surface area contributed by atoms with E-state index in [0.717, 1.165) is 35.2 Å². The highest BCUT2D eigenvalue weighted by molar-refractivity contribution is 6.62. The third kappa shape index (κ3) is 2.86. The van der Waals surface area contributed by atoms with Gasteiger partial charge in [-0.25, -0.2) is 4.79 Å². The van der Waals surface area contributed by atoms with Crippen molar-refractivity contribution in [3.8, 4) is 0 Å². The van der Waals surface area contributed by atoms with Crippen LogP contribution in [0.1, 0.15) is 78.5 Å². The second-order valence-corrected chi connectivity index (χ2v) is 10.3. The molecule has 0 bridgehead atoms. The Morgan fingerprint density at radius 1 is 1.21 bits per heavy atom. The first-order valence-electron chi connectivity index (χ1n) is 10.2. The fourth-order valence-electron chi connectivity index (χ4n) is 4.22. The summed E-state index contributed by atoms with van der Waals surface area (Å²) >= 11 is 0. The molecule has 2 unspecified atom stereocenters. The van der Waals surface area contributed by atoms with E-state index in [0.29, 0.717) is 5.92 Å². The number of pyridine rings is 1. The van der Waals surface area contributed by atoms with Gasteiger partial charge in [-0.3, -0.25) is 9.88 Å². The lowest BCUT2D eigenvalue weighted by molar-refractivity contribution is 0.00578.